The molecule has 2 aliphatic rings. The summed E-state index contributed by atoms with van der Waals surface area (Å²) in [7, 11) is 0. The van der Waals surface area contributed by atoms with Crippen molar-refractivity contribution in [3.8, 4) is 22.5 Å². The molecule has 4 aromatic heterocycles. The molecule has 0 bridgehead atoms. The minimum absolute atomic E-state index is 0.367. The van der Waals surface area contributed by atoms with Crippen molar-refractivity contribution >= 4 is 11.0 Å². The summed E-state index contributed by atoms with van der Waals surface area (Å²) in [5.41, 5.74) is 3.76. The number of aromatic nitrogens is 6. The zero-order valence-electron chi connectivity index (χ0n) is 14.2. The lowest BCUT2D eigenvalue weighted by Crippen LogP contribution is -2.10. The van der Waals surface area contributed by atoms with Crippen molar-refractivity contribution in [1.82, 2.24) is 29.9 Å². The number of hydrogen-bond donors (Lipinski definition) is 1. The second-order valence-corrected chi connectivity index (χ2v) is 7.19. The van der Waals surface area contributed by atoms with Crippen molar-refractivity contribution in [2.24, 2.45) is 5.92 Å². The summed E-state index contributed by atoms with van der Waals surface area (Å²) in [6.45, 7) is 0. The number of rotatable bonds is 2. The SMILES string of the molecule is Fc1ccc(-c2nn3c(c2-c2c(F)cnc4[nH]ncc24)CC[C@@H]2C[C@@H]23)nc1. The van der Waals surface area contributed by atoms with Gasteiger partial charge in [-0.2, -0.15) is 10.2 Å². The number of nitrogens with one attached hydrogen (secondary N) is 1. The van der Waals surface area contributed by atoms with Gasteiger partial charge >= 0.3 is 0 Å². The van der Waals surface area contributed by atoms with E-state index >= 15 is 0 Å². The fourth-order valence-corrected chi connectivity index (χ4v) is 4.23. The third kappa shape index (κ3) is 2.09. The van der Waals surface area contributed by atoms with Crippen LogP contribution < -0.4 is 0 Å². The van der Waals surface area contributed by atoms with Crippen LogP contribution in [0.15, 0.2) is 30.7 Å². The zero-order valence-corrected chi connectivity index (χ0v) is 14.2. The van der Waals surface area contributed by atoms with Crippen molar-refractivity contribution < 1.29 is 8.78 Å². The standard InChI is InChI=1S/C19H14F2N6/c20-10-2-3-13(22-6-10)18-17(14-4-1-9-5-15(9)27(14)26-18)16-11-7-24-25-19(11)23-8-12(16)21/h2-3,6-9,15H,1,4-5H2,(H,23,24,25)/t9-,15+/m1/s1. The lowest BCUT2D eigenvalue weighted by Gasteiger charge is -2.15. The first-order valence-corrected chi connectivity index (χ1v) is 8.92. The van der Waals surface area contributed by atoms with Crippen LogP contribution >= 0.6 is 0 Å². The topological polar surface area (TPSA) is 72.3 Å². The first-order valence-electron chi connectivity index (χ1n) is 8.92. The molecule has 0 unspecified atom stereocenters. The number of aromatic amines is 1. The summed E-state index contributed by atoms with van der Waals surface area (Å²) in [6.07, 6.45) is 6.94. The van der Waals surface area contributed by atoms with Crippen molar-refractivity contribution in [2.45, 2.75) is 25.3 Å². The fraction of sp³-hybridized carbons (Fsp3) is 0.263. The van der Waals surface area contributed by atoms with Gasteiger partial charge in [-0.3, -0.25) is 14.8 Å². The Bertz CT molecular complexity index is 1190. The van der Waals surface area contributed by atoms with Crippen LogP contribution in [0.3, 0.4) is 0 Å². The first kappa shape index (κ1) is 15.0. The van der Waals surface area contributed by atoms with E-state index in [1.807, 2.05) is 4.68 Å². The average Bonchev–Trinajstić information content (AvgIpc) is 3.15. The molecule has 1 aliphatic heterocycles. The molecule has 1 N–H and O–H groups in total. The van der Waals surface area contributed by atoms with E-state index < -0.39 is 11.6 Å². The van der Waals surface area contributed by atoms with Gasteiger partial charge in [0.15, 0.2) is 5.65 Å². The van der Waals surface area contributed by atoms with Gasteiger partial charge in [-0.1, -0.05) is 0 Å². The van der Waals surface area contributed by atoms with Gasteiger partial charge in [0.25, 0.3) is 0 Å². The third-order valence-corrected chi connectivity index (χ3v) is 5.62. The Kier molecular flexibility index (Phi) is 2.87. The van der Waals surface area contributed by atoms with Crippen LogP contribution in [-0.4, -0.2) is 29.9 Å². The summed E-state index contributed by atoms with van der Waals surface area (Å²) in [5, 5.41) is 12.2. The molecule has 0 radical (unpaired) electrons. The molecule has 5 heterocycles. The van der Waals surface area contributed by atoms with Crippen LogP contribution in [0.25, 0.3) is 33.5 Å². The van der Waals surface area contributed by atoms with E-state index in [4.69, 9.17) is 5.10 Å². The van der Waals surface area contributed by atoms with Gasteiger partial charge in [0.1, 0.15) is 17.3 Å². The number of pyridine rings is 2. The number of halogens is 2. The van der Waals surface area contributed by atoms with Gasteiger partial charge in [-0.25, -0.2) is 13.8 Å². The predicted octanol–water partition coefficient (Wildman–Crippen LogP) is 3.67. The Labute approximate surface area is 152 Å². The predicted molar refractivity (Wildman–Crippen MR) is 93.7 cm³/mol. The molecule has 0 spiro atoms. The first-order chi connectivity index (χ1) is 13.2. The van der Waals surface area contributed by atoms with E-state index in [0.717, 1.165) is 31.2 Å². The van der Waals surface area contributed by atoms with E-state index in [1.54, 1.807) is 12.3 Å². The zero-order chi connectivity index (χ0) is 18.1. The molecular weight excluding hydrogens is 350 g/mol. The minimum Gasteiger partial charge on any atom is -0.265 e. The molecule has 1 fully saturated rings. The maximum absolute atomic E-state index is 15.0. The molecule has 0 amide bonds. The molecule has 0 saturated heterocycles. The van der Waals surface area contributed by atoms with Gasteiger partial charge in [0.05, 0.1) is 30.3 Å². The largest absolute Gasteiger partial charge is 0.265 e. The normalized spacial score (nSPS) is 20.5. The molecule has 1 aliphatic carbocycles. The molecule has 2 atom stereocenters. The van der Waals surface area contributed by atoms with Crippen LogP contribution in [-0.2, 0) is 6.42 Å². The molecule has 4 aromatic rings. The van der Waals surface area contributed by atoms with Crippen molar-refractivity contribution in [3.05, 3.63) is 48.1 Å². The molecule has 27 heavy (non-hydrogen) atoms. The van der Waals surface area contributed by atoms with Gasteiger partial charge in [0, 0.05) is 22.2 Å². The Morgan fingerprint density at radius 2 is 2.00 bits per heavy atom. The summed E-state index contributed by atoms with van der Waals surface area (Å²) in [4.78, 5) is 8.28. The number of H-pyrrole nitrogens is 1. The molecule has 134 valence electrons. The van der Waals surface area contributed by atoms with Gasteiger partial charge in [-0.05, 0) is 37.3 Å². The number of fused-ring (bicyclic) bond motifs is 4. The number of hydrogen-bond acceptors (Lipinski definition) is 4. The lowest BCUT2D eigenvalue weighted by atomic mass is 9.95. The van der Waals surface area contributed by atoms with E-state index in [-0.39, 0.29) is 0 Å². The van der Waals surface area contributed by atoms with E-state index in [9.17, 15) is 8.78 Å². The second-order valence-electron chi connectivity index (χ2n) is 7.19. The fourth-order valence-electron chi connectivity index (χ4n) is 4.23. The van der Waals surface area contributed by atoms with E-state index in [0.29, 0.717) is 45.5 Å². The highest BCUT2D eigenvalue weighted by Crippen LogP contribution is 2.53. The Morgan fingerprint density at radius 1 is 1.07 bits per heavy atom. The molecule has 6 rings (SSSR count). The monoisotopic (exact) mass is 364 g/mol. The maximum Gasteiger partial charge on any atom is 0.155 e. The van der Waals surface area contributed by atoms with Crippen molar-refractivity contribution in [3.63, 3.8) is 0 Å². The van der Waals surface area contributed by atoms with Crippen molar-refractivity contribution in [2.75, 3.05) is 0 Å². The minimum atomic E-state index is -0.430. The van der Waals surface area contributed by atoms with Gasteiger partial charge in [-0.15, -0.1) is 0 Å². The van der Waals surface area contributed by atoms with Crippen molar-refractivity contribution in [1.29, 1.82) is 0 Å². The summed E-state index contributed by atoms with van der Waals surface area (Å²) in [6, 6.07) is 3.30. The molecule has 8 heteroatoms. The Hall–Kier alpha value is -3.16. The van der Waals surface area contributed by atoms with Crippen LogP contribution in [0, 0.1) is 17.6 Å². The van der Waals surface area contributed by atoms with Crippen LogP contribution in [0.1, 0.15) is 24.6 Å². The van der Waals surface area contributed by atoms with Crippen LogP contribution in [0.5, 0.6) is 0 Å². The molecule has 6 nitrogen and oxygen atoms in total. The van der Waals surface area contributed by atoms with Gasteiger partial charge < -0.3 is 0 Å². The lowest BCUT2D eigenvalue weighted by molar-refractivity contribution is 0.494. The van der Waals surface area contributed by atoms with E-state index in [1.165, 1.54) is 12.3 Å². The third-order valence-electron chi connectivity index (χ3n) is 5.62. The van der Waals surface area contributed by atoms with Crippen LogP contribution in [0.2, 0.25) is 0 Å². The molecule has 1 saturated carbocycles. The summed E-state index contributed by atoms with van der Waals surface area (Å²) < 4.78 is 30.4. The highest BCUT2D eigenvalue weighted by molar-refractivity contribution is 5.97. The molecular formula is C19H14F2N6. The van der Waals surface area contributed by atoms with E-state index in [2.05, 4.69) is 20.2 Å². The summed E-state index contributed by atoms with van der Waals surface area (Å²) >= 11 is 0. The Morgan fingerprint density at radius 3 is 2.85 bits per heavy atom. The highest BCUT2D eigenvalue weighted by atomic mass is 19.1. The van der Waals surface area contributed by atoms with Gasteiger partial charge in [0.2, 0.25) is 0 Å². The summed E-state index contributed by atoms with van der Waals surface area (Å²) in [5.74, 6) is -0.199. The molecule has 0 aromatic carbocycles. The average molecular weight is 364 g/mol. The quantitative estimate of drug-likeness (QED) is 0.589. The number of nitrogens with zero attached hydrogens (tertiary/aromatic N) is 5. The van der Waals surface area contributed by atoms with Crippen LogP contribution in [0.4, 0.5) is 8.78 Å². The Balaban J connectivity index is 1.69. The smallest absolute Gasteiger partial charge is 0.155 e. The highest BCUT2D eigenvalue weighted by Gasteiger charge is 2.45. The second kappa shape index (κ2) is 5.18. The maximum atomic E-state index is 15.0.